The predicted octanol–water partition coefficient (Wildman–Crippen LogP) is 6.43. The Kier molecular flexibility index (Phi) is 7.07. The smallest absolute Gasteiger partial charge is 0.345 e. The molecule has 0 aliphatic carbocycles. The number of aromatic nitrogens is 1. The molecule has 1 heterocycles. The van der Waals surface area contributed by atoms with Crippen molar-refractivity contribution in [3.8, 4) is 0 Å². The van der Waals surface area contributed by atoms with E-state index in [9.17, 15) is 18.0 Å². The summed E-state index contributed by atoms with van der Waals surface area (Å²) < 4.78 is 41.7. The van der Waals surface area contributed by atoms with E-state index < -0.39 is 17.8 Å². The average molecular weight is 448 g/mol. The molecule has 0 fully saturated rings. The predicted molar refractivity (Wildman–Crippen MR) is 116 cm³/mol. The van der Waals surface area contributed by atoms with E-state index in [1.54, 1.807) is 6.07 Å². The lowest BCUT2D eigenvalue weighted by Crippen LogP contribution is -2.35. The molecule has 8 heteroatoms. The van der Waals surface area contributed by atoms with Gasteiger partial charge < -0.3 is 14.8 Å². The molecule has 2 aromatic carbocycles. The minimum atomic E-state index is -4.57. The third-order valence-electron chi connectivity index (χ3n) is 4.63. The normalized spacial score (nSPS) is 11.2. The van der Waals surface area contributed by atoms with Gasteiger partial charge in [0.05, 0.1) is 17.8 Å². The second-order valence-corrected chi connectivity index (χ2v) is 7.34. The first-order chi connectivity index (χ1) is 14.8. The molecule has 3 rings (SSSR count). The van der Waals surface area contributed by atoms with Crippen molar-refractivity contribution in [3.05, 3.63) is 101 Å². The first-order valence-electron chi connectivity index (χ1n) is 9.49. The molecule has 1 aromatic heterocycles. The van der Waals surface area contributed by atoms with Crippen LogP contribution in [-0.4, -0.2) is 22.0 Å². The van der Waals surface area contributed by atoms with Gasteiger partial charge >= 0.3 is 12.2 Å². The van der Waals surface area contributed by atoms with Crippen LogP contribution in [-0.2, 0) is 19.3 Å². The molecule has 1 N–H and O–H groups in total. The number of alkyl halides is 3. The number of halogens is 4. The number of hydrogen-bond acceptors (Lipinski definition) is 1. The van der Waals surface area contributed by atoms with Crippen molar-refractivity contribution in [2.75, 3.05) is 11.9 Å². The highest BCUT2D eigenvalue weighted by atomic mass is 35.5. The van der Waals surface area contributed by atoms with Gasteiger partial charge in [-0.3, -0.25) is 0 Å². The lowest BCUT2D eigenvalue weighted by Gasteiger charge is -2.24. The van der Waals surface area contributed by atoms with E-state index >= 15 is 0 Å². The SMILES string of the molecule is C=CCN(Cc1cccn1Cc1cccc(Cl)c1)C(=O)Nc1ccccc1C(F)(F)F. The minimum absolute atomic E-state index is 0.169. The highest BCUT2D eigenvalue weighted by molar-refractivity contribution is 6.30. The van der Waals surface area contributed by atoms with Crippen molar-refractivity contribution < 1.29 is 18.0 Å². The van der Waals surface area contributed by atoms with Gasteiger partial charge in [-0.05, 0) is 42.0 Å². The molecule has 0 spiro atoms. The second kappa shape index (κ2) is 9.75. The van der Waals surface area contributed by atoms with Crippen LogP contribution in [0.5, 0.6) is 0 Å². The Hall–Kier alpha value is -3.19. The van der Waals surface area contributed by atoms with Crippen LogP contribution in [0.1, 0.15) is 16.8 Å². The van der Waals surface area contributed by atoms with Crippen molar-refractivity contribution in [1.29, 1.82) is 0 Å². The van der Waals surface area contributed by atoms with Gasteiger partial charge in [0.15, 0.2) is 0 Å². The van der Waals surface area contributed by atoms with Gasteiger partial charge in [-0.2, -0.15) is 13.2 Å². The minimum Gasteiger partial charge on any atom is -0.345 e. The van der Waals surface area contributed by atoms with Crippen molar-refractivity contribution in [3.63, 3.8) is 0 Å². The van der Waals surface area contributed by atoms with Crippen LogP contribution in [0.4, 0.5) is 23.7 Å². The molecule has 162 valence electrons. The Bertz CT molecular complexity index is 1060. The van der Waals surface area contributed by atoms with Crippen LogP contribution in [0.2, 0.25) is 5.02 Å². The Morgan fingerprint density at radius 2 is 1.90 bits per heavy atom. The van der Waals surface area contributed by atoms with E-state index in [4.69, 9.17) is 11.6 Å². The molecule has 0 unspecified atom stereocenters. The van der Waals surface area contributed by atoms with Crippen LogP contribution in [0.3, 0.4) is 0 Å². The first-order valence-corrected chi connectivity index (χ1v) is 9.87. The van der Waals surface area contributed by atoms with Gasteiger partial charge in [0.1, 0.15) is 0 Å². The molecule has 0 bridgehead atoms. The zero-order chi connectivity index (χ0) is 22.4. The van der Waals surface area contributed by atoms with Crippen molar-refractivity contribution in [2.45, 2.75) is 19.3 Å². The third kappa shape index (κ3) is 5.92. The highest BCUT2D eigenvalue weighted by Gasteiger charge is 2.33. The number of anilines is 1. The summed E-state index contributed by atoms with van der Waals surface area (Å²) in [5.74, 6) is 0. The number of hydrogen-bond donors (Lipinski definition) is 1. The van der Waals surface area contributed by atoms with Crippen molar-refractivity contribution in [2.24, 2.45) is 0 Å². The largest absolute Gasteiger partial charge is 0.418 e. The number of carbonyl (C=O) groups excluding carboxylic acids is 1. The summed E-state index contributed by atoms with van der Waals surface area (Å²) in [6, 6.07) is 15.4. The van der Waals surface area contributed by atoms with E-state index in [0.717, 1.165) is 17.3 Å². The number of rotatable bonds is 7. The number of nitrogens with zero attached hydrogens (tertiary/aromatic N) is 2. The molecule has 0 saturated carbocycles. The summed E-state index contributed by atoms with van der Waals surface area (Å²) in [5.41, 5.74) is 0.625. The lowest BCUT2D eigenvalue weighted by atomic mass is 10.1. The molecular weight excluding hydrogens is 427 g/mol. The standard InChI is InChI=1S/C23H21ClF3N3O/c1-2-12-30(22(31)28-21-11-4-3-10-20(21)23(25,26)27)16-19-9-6-13-29(19)15-17-7-5-8-18(24)14-17/h2-11,13-14H,1,12,15-16H2,(H,28,31). The van der Waals surface area contributed by atoms with E-state index in [1.165, 1.54) is 29.2 Å². The molecule has 0 saturated heterocycles. The van der Waals surface area contributed by atoms with Gasteiger partial charge in [-0.1, -0.05) is 41.9 Å². The Morgan fingerprint density at radius 3 is 2.61 bits per heavy atom. The summed E-state index contributed by atoms with van der Waals surface area (Å²) in [5, 5.41) is 3.01. The maximum Gasteiger partial charge on any atom is 0.418 e. The Morgan fingerprint density at radius 1 is 1.13 bits per heavy atom. The molecule has 2 amide bonds. The topological polar surface area (TPSA) is 37.3 Å². The monoisotopic (exact) mass is 447 g/mol. The molecule has 0 aliphatic rings. The molecule has 3 aromatic rings. The fraction of sp³-hybridized carbons (Fsp3) is 0.174. The van der Waals surface area contributed by atoms with E-state index in [-0.39, 0.29) is 18.8 Å². The lowest BCUT2D eigenvalue weighted by molar-refractivity contribution is -0.136. The van der Waals surface area contributed by atoms with Crippen molar-refractivity contribution in [1.82, 2.24) is 9.47 Å². The number of carbonyl (C=O) groups is 1. The van der Waals surface area contributed by atoms with Crippen LogP contribution >= 0.6 is 11.6 Å². The average Bonchev–Trinajstić information content (AvgIpc) is 3.14. The number of benzene rings is 2. The number of amides is 2. The molecule has 0 aliphatic heterocycles. The van der Waals surface area contributed by atoms with Crippen LogP contribution < -0.4 is 5.32 Å². The first kappa shape index (κ1) is 22.5. The molecule has 0 atom stereocenters. The van der Waals surface area contributed by atoms with Gasteiger partial charge in [-0.25, -0.2) is 4.79 Å². The van der Waals surface area contributed by atoms with E-state index in [1.807, 2.05) is 41.1 Å². The number of para-hydroxylation sites is 1. The number of nitrogens with one attached hydrogen (secondary N) is 1. The van der Waals surface area contributed by atoms with Crippen LogP contribution in [0, 0.1) is 0 Å². The summed E-state index contributed by atoms with van der Waals surface area (Å²) in [7, 11) is 0. The number of urea groups is 1. The molecule has 31 heavy (non-hydrogen) atoms. The van der Waals surface area contributed by atoms with Gasteiger partial charge in [0, 0.05) is 30.0 Å². The van der Waals surface area contributed by atoms with Crippen LogP contribution in [0.15, 0.2) is 79.5 Å². The second-order valence-electron chi connectivity index (χ2n) is 6.90. The van der Waals surface area contributed by atoms with Crippen molar-refractivity contribution >= 4 is 23.3 Å². The summed E-state index contributed by atoms with van der Waals surface area (Å²) >= 11 is 6.05. The van der Waals surface area contributed by atoms with E-state index in [0.29, 0.717) is 11.6 Å². The van der Waals surface area contributed by atoms with Gasteiger partial charge in [0.2, 0.25) is 0 Å². The van der Waals surface area contributed by atoms with E-state index in [2.05, 4.69) is 11.9 Å². The van der Waals surface area contributed by atoms with Gasteiger partial charge in [0.25, 0.3) is 0 Å². The van der Waals surface area contributed by atoms with Gasteiger partial charge in [-0.15, -0.1) is 6.58 Å². The quantitative estimate of drug-likeness (QED) is 0.416. The summed E-state index contributed by atoms with van der Waals surface area (Å²) in [6.07, 6.45) is -1.17. The fourth-order valence-corrected chi connectivity index (χ4v) is 3.40. The summed E-state index contributed by atoms with van der Waals surface area (Å²) in [4.78, 5) is 14.2. The maximum absolute atomic E-state index is 13.2. The highest BCUT2D eigenvalue weighted by Crippen LogP contribution is 2.34. The summed E-state index contributed by atoms with van der Waals surface area (Å²) in [6.45, 7) is 4.56. The zero-order valence-electron chi connectivity index (χ0n) is 16.6. The maximum atomic E-state index is 13.2. The molecular formula is C23H21ClF3N3O. The Labute approximate surface area is 183 Å². The molecule has 0 radical (unpaired) electrons. The Balaban J connectivity index is 1.78. The molecule has 4 nitrogen and oxygen atoms in total. The fourth-order valence-electron chi connectivity index (χ4n) is 3.18. The zero-order valence-corrected chi connectivity index (χ0v) is 17.3. The third-order valence-corrected chi connectivity index (χ3v) is 4.86. The van der Waals surface area contributed by atoms with Crippen LogP contribution in [0.25, 0.3) is 0 Å².